The number of rotatable bonds is 19. The van der Waals surface area contributed by atoms with Gasteiger partial charge in [-0.15, -0.1) is 0 Å². The molecule has 0 aliphatic heterocycles. The van der Waals surface area contributed by atoms with Crippen LogP contribution in [0, 0.1) is 0 Å². The van der Waals surface area contributed by atoms with Crippen LogP contribution in [0.15, 0.2) is 0 Å². The minimum absolute atomic E-state index is 0. The van der Waals surface area contributed by atoms with Crippen LogP contribution < -0.4 is 17.0 Å². The molecule has 0 radical (unpaired) electrons. The summed E-state index contributed by atoms with van der Waals surface area (Å²) in [5.74, 6) is 0. The number of quaternary nitrogens is 1. The summed E-state index contributed by atoms with van der Waals surface area (Å²) in [5.41, 5.74) is 0. The Morgan fingerprint density at radius 2 is 0.720 bits per heavy atom. The van der Waals surface area contributed by atoms with Gasteiger partial charge in [-0.2, -0.15) is 0 Å². The van der Waals surface area contributed by atoms with Gasteiger partial charge in [0, 0.05) is 0 Å². The van der Waals surface area contributed by atoms with E-state index in [1.54, 1.807) is 0 Å². The summed E-state index contributed by atoms with van der Waals surface area (Å²) in [6.07, 6.45) is 23.1. The second kappa shape index (κ2) is 20.7. The Balaban J connectivity index is 0. The fourth-order valence-electron chi connectivity index (χ4n) is 3.68. The molecule has 0 amide bonds. The summed E-state index contributed by atoms with van der Waals surface area (Å²) in [7, 11) is 2.49. The third kappa shape index (κ3) is 19.0. The van der Waals surface area contributed by atoms with Gasteiger partial charge in [-0.05, 0) is 32.6 Å². The molecule has 0 saturated carbocycles. The number of nitrogens with zero attached hydrogens (tertiary/aromatic N) is 1. The summed E-state index contributed by atoms with van der Waals surface area (Å²) < 4.78 is 1.31. The van der Waals surface area contributed by atoms with Crippen molar-refractivity contribution in [2.45, 2.75) is 124 Å². The molecule has 25 heavy (non-hydrogen) atoms. The van der Waals surface area contributed by atoms with Crippen molar-refractivity contribution in [3.05, 3.63) is 0 Å². The largest absolute Gasteiger partial charge is 1.00 e. The highest BCUT2D eigenvalue weighted by molar-refractivity contribution is 4.49. The van der Waals surface area contributed by atoms with Gasteiger partial charge in [-0.1, -0.05) is 90.9 Å². The van der Waals surface area contributed by atoms with Gasteiger partial charge in [0.2, 0.25) is 0 Å². The third-order valence-corrected chi connectivity index (χ3v) is 5.87. The lowest BCUT2D eigenvalue weighted by atomic mass is 10.1. The summed E-state index contributed by atoms with van der Waals surface area (Å²) in [5, 5.41) is 0. The van der Waals surface area contributed by atoms with Crippen molar-refractivity contribution in [3.8, 4) is 0 Å². The van der Waals surface area contributed by atoms with E-state index in [0.717, 1.165) is 0 Å². The van der Waals surface area contributed by atoms with Crippen molar-refractivity contribution in [2.24, 2.45) is 0 Å². The van der Waals surface area contributed by atoms with Crippen LogP contribution in [0.1, 0.15) is 124 Å². The molecule has 0 N–H and O–H groups in total. The molecule has 0 saturated heterocycles. The topological polar surface area (TPSA) is 0 Å². The Bertz CT molecular complexity index is 222. The van der Waals surface area contributed by atoms with Crippen LogP contribution in [0.5, 0.6) is 0 Å². The summed E-state index contributed by atoms with van der Waals surface area (Å²) in [4.78, 5) is 0. The lowest BCUT2D eigenvalue weighted by molar-refractivity contribution is -0.908. The SMILES string of the molecule is CCCCCCCCCC[N+](C)(CC)CCCCCCCCCC.[Br-]. The van der Waals surface area contributed by atoms with Gasteiger partial charge in [0.15, 0.2) is 0 Å². The standard InChI is InChI=1S/C23H50N.BrH/c1-5-8-10-12-14-16-18-20-22-24(4,7-3)23-21-19-17-15-13-11-9-6-2;/h5-23H2,1-4H3;1H/q+1;/p-1. The molecule has 0 heterocycles. The van der Waals surface area contributed by atoms with Gasteiger partial charge in [0.05, 0.1) is 26.7 Å². The van der Waals surface area contributed by atoms with E-state index in [-0.39, 0.29) is 17.0 Å². The van der Waals surface area contributed by atoms with Crippen LogP contribution >= 0.6 is 0 Å². The van der Waals surface area contributed by atoms with Crippen molar-refractivity contribution in [1.29, 1.82) is 0 Å². The molecule has 1 nitrogen and oxygen atoms in total. The third-order valence-electron chi connectivity index (χ3n) is 5.87. The first-order valence-corrected chi connectivity index (χ1v) is 11.5. The van der Waals surface area contributed by atoms with E-state index in [1.165, 1.54) is 127 Å². The molecule has 0 rings (SSSR count). The average Bonchev–Trinajstić information content (AvgIpc) is 2.59. The Morgan fingerprint density at radius 3 is 1.00 bits per heavy atom. The minimum Gasteiger partial charge on any atom is -1.00 e. The molecule has 0 unspecified atom stereocenters. The number of unbranched alkanes of at least 4 members (excludes halogenated alkanes) is 14. The molecule has 0 aromatic heterocycles. The predicted molar refractivity (Wildman–Crippen MR) is 112 cm³/mol. The van der Waals surface area contributed by atoms with Crippen molar-refractivity contribution in [3.63, 3.8) is 0 Å². The lowest BCUT2D eigenvalue weighted by Gasteiger charge is -2.33. The van der Waals surface area contributed by atoms with Crippen LogP contribution in [0.2, 0.25) is 0 Å². The van der Waals surface area contributed by atoms with Crippen molar-refractivity contribution < 1.29 is 21.5 Å². The van der Waals surface area contributed by atoms with E-state index in [1.807, 2.05) is 0 Å². The van der Waals surface area contributed by atoms with Gasteiger partial charge < -0.3 is 21.5 Å². The van der Waals surface area contributed by atoms with Crippen LogP contribution in [0.25, 0.3) is 0 Å². The molecule has 0 aromatic rings. The van der Waals surface area contributed by atoms with E-state index < -0.39 is 0 Å². The molecule has 0 aliphatic rings. The fourth-order valence-corrected chi connectivity index (χ4v) is 3.68. The van der Waals surface area contributed by atoms with Gasteiger partial charge in [0.25, 0.3) is 0 Å². The van der Waals surface area contributed by atoms with Gasteiger partial charge in [-0.3, -0.25) is 0 Å². The first-order chi connectivity index (χ1) is 11.7. The summed E-state index contributed by atoms with van der Waals surface area (Å²) in [6, 6.07) is 0. The van der Waals surface area contributed by atoms with Gasteiger partial charge in [0.1, 0.15) is 0 Å². The monoisotopic (exact) mass is 419 g/mol. The predicted octanol–water partition coefficient (Wildman–Crippen LogP) is 4.74. The van der Waals surface area contributed by atoms with Crippen LogP contribution in [-0.4, -0.2) is 31.2 Å². The minimum atomic E-state index is 0. The second-order valence-electron chi connectivity index (χ2n) is 8.33. The molecule has 0 fully saturated rings. The van der Waals surface area contributed by atoms with Crippen LogP contribution in [0.4, 0.5) is 0 Å². The molecule has 0 atom stereocenters. The van der Waals surface area contributed by atoms with Gasteiger partial charge >= 0.3 is 0 Å². The first-order valence-electron chi connectivity index (χ1n) is 11.5. The van der Waals surface area contributed by atoms with Crippen LogP contribution in [-0.2, 0) is 0 Å². The highest BCUT2D eigenvalue weighted by Gasteiger charge is 2.17. The Kier molecular flexibility index (Phi) is 23.0. The molecule has 0 aromatic carbocycles. The van der Waals surface area contributed by atoms with E-state index in [4.69, 9.17) is 0 Å². The highest BCUT2D eigenvalue weighted by atomic mass is 79.9. The number of hydrogen-bond donors (Lipinski definition) is 0. The molecular formula is C23H50BrN. The quantitative estimate of drug-likeness (QED) is 0.209. The first kappa shape index (κ1) is 27.7. The molecule has 0 aliphatic carbocycles. The zero-order valence-electron chi connectivity index (χ0n) is 18.3. The highest BCUT2D eigenvalue weighted by Crippen LogP contribution is 2.14. The number of halogens is 1. The normalized spacial score (nSPS) is 11.5. The maximum Gasteiger partial charge on any atom is 0.0784 e. The Labute approximate surface area is 171 Å². The molecular weight excluding hydrogens is 370 g/mol. The maximum atomic E-state index is 2.49. The Hall–Kier alpha value is 0.440. The Morgan fingerprint density at radius 1 is 0.440 bits per heavy atom. The maximum absolute atomic E-state index is 2.49. The fraction of sp³-hybridized carbons (Fsp3) is 1.00. The van der Waals surface area contributed by atoms with E-state index in [2.05, 4.69) is 27.8 Å². The molecule has 0 spiro atoms. The van der Waals surface area contributed by atoms with Gasteiger partial charge in [-0.25, -0.2) is 0 Å². The smallest absolute Gasteiger partial charge is 0.0784 e. The molecule has 2 heteroatoms. The average molecular weight is 421 g/mol. The number of hydrogen-bond acceptors (Lipinski definition) is 0. The van der Waals surface area contributed by atoms with Crippen molar-refractivity contribution in [1.82, 2.24) is 0 Å². The summed E-state index contributed by atoms with van der Waals surface area (Å²) in [6.45, 7) is 11.1. The zero-order valence-corrected chi connectivity index (χ0v) is 19.8. The van der Waals surface area contributed by atoms with Crippen molar-refractivity contribution in [2.75, 3.05) is 26.7 Å². The summed E-state index contributed by atoms with van der Waals surface area (Å²) >= 11 is 0. The second-order valence-corrected chi connectivity index (χ2v) is 8.33. The van der Waals surface area contributed by atoms with E-state index in [0.29, 0.717) is 0 Å². The zero-order chi connectivity index (χ0) is 17.9. The molecule has 0 bridgehead atoms. The van der Waals surface area contributed by atoms with E-state index >= 15 is 0 Å². The van der Waals surface area contributed by atoms with Crippen LogP contribution in [0.3, 0.4) is 0 Å². The van der Waals surface area contributed by atoms with E-state index in [9.17, 15) is 0 Å². The lowest BCUT2D eigenvalue weighted by Crippen LogP contribution is -3.00. The molecule has 154 valence electrons. The van der Waals surface area contributed by atoms with Crippen molar-refractivity contribution >= 4 is 0 Å².